The Hall–Kier alpha value is -0.995. The summed E-state index contributed by atoms with van der Waals surface area (Å²) in [5.41, 5.74) is 0. The van der Waals surface area contributed by atoms with Crippen LogP contribution in [0.15, 0.2) is 0 Å². The third-order valence-corrected chi connectivity index (χ3v) is 3.22. The third-order valence-electron chi connectivity index (χ3n) is 3.22. The second kappa shape index (κ2) is 5.78. The molecule has 15 heavy (non-hydrogen) atoms. The summed E-state index contributed by atoms with van der Waals surface area (Å²) in [6.07, 6.45) is 5.42. The number of carboxylic acid groups (broad SMARTS) is 1. The van der Waals surface area contributed by atoms with Crippen LogP contribution >= 0.6 is 0 Å². The molecule has 0 aromatic heterocycles. The van der Waals surface area contributed by atoms with Crippen LogP contribution in [0.3, 0.4) is 0 Å². The van der Waals surface area contributed by atoms with E-state index in [2.05, 4.69) is 5.23 Å². The summed E-state index contributed by atoms with van der Waals surface area (Å²) in [7, 11) is 1.54. The Kier molecular flexibility index (Phi) is 4.65. The quantitative estimate of drug-likeness (QED) is 0.658. The highest BCUT2D eigenvalue weighted by Gasteiger charge is 2.30. The van der Waals surface area contributed by atoms with Crippen molar-refractivity contribution < 1.29 is 14.7 Å². The molecule has 5 heteroatoms. The number of hydrogen-bond donors (Lipinski definition) is 2. The number of carbonyl (C=O) groups excluding carboxylic acids is 1. The Bertz CT molecular complexity index is 239. The van der Waals surface area contributed by atoms with E-state index in [0.29, 0.717) is 0 Å². The lowest BCUT2D eigenvalue weighted by molar-refractivity contribution is -0.146. The molecule has 1 atom stereocenters. The summed E-state index contributed by atoms with van der Waals surface area (Å²) < 4.78 is 0. The molecule has 1 rings (SSSR count). The topological polar surface area (TPSA) is 66.4 Å². The predicted molar refractivity (Wildman–Crippen MR) is 59.0 cm³/mol. The van der Waals surface area contributed by atoms with Gasteiger partial charge in [-0.3, -0.25) is 9.59 Å². The number of hydrogen-bond acceptors (Lipinski definition) is 2. The molecule has 0 aliphatic heterocycles. The number of amides is 1. The van der Waals surface area contributed by atoms with E-state index in [0.717, 1.165) is 25.7 Å². The van der Waals surface area contributed by atoms with Gasteiger partial charge in [-0.25, -0.2) is 0 Å². The van der Waals surface area contributed by atoms with Crippen LogP contribution in [0, 0.1) is 11.8 Å². The lowest BCUT2D eigenvalue weighted by Crippen LogP contribution is -2.32. The van der Waals surface area contributed by atoms with E-state index in [1.807, 2.05) is 0 Å². The van der Waals surface area contributed by atoms with E-state index in [1.54, 1.807) is 7.98 Å². The highest BCUT2D eigenvalue weighted by Crippen LogP contribution is 2.31. The van der Waals surface area contributed by atoms with Crippen LogP contribution in [-0.4, -0.2) is 25.0 Å². The van der Waals surface area contributed by atoms with Crippen molar-refractivity contribution in [2.45, 2.75) is 38.5 Å². The second-order valence-corrected chi connectivity index (χ2v) is 4.22. The number of nitrogens with one attached hydrogen (secondary N) is 1. The molecule has 0 saturated heterocycles. The van der Waals surface area contributed by atoms with Crippen molar-refractivity contribution >= 4 is 19.9 Å². The molecule has 1 aliphatic carbocycles. The minimum atomic E-state index is -0.828. The van der Waals surface area contributed by atoms with E-state index in [-0.39, 0.29) is 18.2 Å². The maximum absolute atomic E-state index is 11.2. The van der Waals surface area contributed by atoms with Gasteiger partial charge in [-0.05, 0) is 18.8 Å². The fourth-order valence-corrected chi connectivity index (χ4v) is 2.29. The Balaban J connectivity index is 2.55. The molecule has 4 nitrogen and oxygen atoms in total. The van der Waals surface area contributed by atoms with Crippen molar-refractivity contribution in [2.75, 3.05) is 0 Å². The summed E-state index contributed by atoms with van der Waals surface area (Å²) >= 11 is 0. The first-order chi connectivity index (χ1) is 7.15. The monoisotopic (exact) mass is 211 g/mol. The first-order valence-corrected chi connectivity index (χ1v) is 5.58. The molecule has 0 aromatic carbocycles. The lowest BCUT2D eigenvalue weighted by atomic mass is 9.78. The average Bonchev–Trinajstić information content (AvgIpc) is 2.26. The van der Waals surface area contributed by atoms with Crippen LogP contribution in [0.2, 0.25) is 0 Å². The molecule has 1 unspecified atom stereocenters. The fraction of sp³-hybridized carbons (Fsp3) is 0.800. The van der Waals surface area contributed by atoms with Gasteiger partial charge in [-0.1, -0.05) is 19.3 Å². The molecule has 1 aliphatic rings. The summed E-state index contributed by atoms with van der Waals surface area (Å²) in [6, 6.07) is 0. The van der Waals surface area contributed by atoms with Gasteiger partial charge >= 0.3 is 5.97 Å². The standard InChI is InChI=1S/C10H18BNO3/c11-12-9(13)6-8(10(14)15)7-4-2-1-3-5-7/h7-8H,1-6,11H2,(H,12,13)(H,14,15). The van der Waals surface area contributed by atoms with Crippen molar-refractivity contribution in [2.24, 2.45) is 11.8 Å². The summed E-state index contributed by atoms with van der Waals surface area (Å²) in [5, 5.41) is 11.6. The van der Waals surface area contributed by atoms with Gasteiger partial charge in [0.1, 0.15) is 0 Å². The van der Waals surface area contributed by atoms with E-state index in [4.69, 9.17) is 5.11 Å². The van der Waals surface area contributed by atoms with Gasteiger partial charge in [-0.15, -0.1) is 0 Å². The highest BCUT2D eigenvalue weighted by molar-refractivity contribution is 6.14. The molecule has 0 spiro atoms. The van der Waals surface area contributed by atoms with E-state index in [9.17, 15) is 9.59 Å². The molecule has 1 saturated carbocycles. The first kappa shape index (κ1) is 12.1. The number of carbonyl (C=O) groups is 2. The molecular weight excluding hydrogens is 193 g/mol. The Labute approximate surface area is 90.9 Å². The molecule has 0 heterocycles. The van der Waals surface area contributed by atoms with Crippen LogP contribution in [0.25, 0.3) is 0 Å². The van der Waals surface area contributed by atoms with Gasteiger partial charge < -0.3 is 10.3 Å². The Morgan fingerprint density at radius 2 is 1.93 bits per heavy atom. The van der Waals surface area contributed by atoms with Crippen molar-refractivity contribution in [3.05, 3.63) is 0 Å². The van der Waals surface area contributed by atoms with Crippen molar-refractivity contribution in [1.29, 1.82) is 0 Å². The smallest absolute Gasteiger partial charge is 0.307 e. The minimum Gasteiger partial charge on any atom is -0.481 e. The first-order valence-electron chi connectivity index (χ1n) is 5.58. The van der Waals surface area contributed by atoms with E-state index in [1.165, 1.54) is 6.42 Å². The Morgan fingerprint density at radius 1 is 1.33 bits per heavy atom. The van der Waals surface area contributed by atoms with Gasteiger partial charge in [0.2, 0.25) is 13.9 Å². The van der Waals surface area contributed by atoms with Crippen LogP contribution in [0.1, 0.15) is 38.5 Å². The van der Waals surface area contributed by atoms with Gasteiger partial charge in [0.05, 0.1) is 5.92 Å². The third kappa shape index (κ3) is 3.57. The second-order valence-electron chi connectivity index (χ2n) is 4.22. The Morgan fingerprint density at radius 3 is 2.40 bits per heavy atom. The van der Waals surface area contributed by atoms with E-state index >= 15 is 0 Å². The summed E-state index contributed by atoms with van der Waals surface area (Å²) in [5.74, 6) is -1.31. The van der Waals surface area contributed by atoms with Gasteiger partial charge in [0, 0.05) is 6.42 Å². The zero-order valence-corrected chi connectivity index (χ0v) is 9.16. The molecule has 2 N–H and O–H groups in total. The zero-order chi connectivity index (χ0) is 11.3. The van der Waals surface area contributed by atoms with Gasteiger partial charge in [0.25, 0.3) is 0 Å². The number of aliphatic carboxylic acids is 1. The lowest BCUT2D eigenvalue weighted by Gasteiger charge is -2.26. The van der Waals surface area contributed by atoms with Crippen LogP contribution in [-0.2, 0) is 9.59 Å². The molecule has 1 amide bonds. The molecule has 0 aromatic rings. The average molecular weight is 211 g/mol. The van der Waals surface area contributed by atoms with Crippen molar-refractivity contribution in [3.8, 4) is 0 Å². The number of rotatable bonds is 4. The van der Waals surface area contributed by atoms with Crippen molar-refractivity contribution in [3.63, 3.8) is 0 Å². The normalized spacial score (nSPS) is 19.5. The van der Waals surface area contributed by atoms with Crippen LogP contribution < -0.4 is 5.23 Å². The van der Waals surface area contributed by atoms with Crippen LogP contribution in [0.4, 0.5) is 0 Å². The van der Waals surface area contributed by atoms with Crippen LogP contribution in [0.5, 0.6) is 0 Å². The van der Waals surface area contributed by atoms with Crippen molar-refractivity contribution in [1.82, 2.24) is 5.23 Å². The molecule has 84 valence electrons. The molecule has 0 bridgehead atoms. The fourth-order valence-electron chi connectivity index (χ4n) is 2.29. The summed E-state index contributed by atoms with van der Waals surface area (Å²) in [6.45, 7) is 0. The maximum Gasteiger partial charge on any atom is 0.307 e. The molecule has 0 radical (unpaired) electrons. The largest absolute Gasteiger partial charge is 0.481 e. The zero-order valence-electron chi connectivity index (χ0n) is 9.16. The highest BCUT2D eigenvalue weighted by atomic mass is 16.4. The number of carboxylic acids is 1. The molecule has 1 fully saturated rings. The van der Waals surface area contributed by atoms with Gasteiger partial charge in [-0.2, -0.15) is 0 Å². The SMILES string of the molecule is BNC(=O)CC(C(=O)O)C1CCCCC1. The minimum absolute atomic E-state index is 0.122. The molecular formula is C10H18BNO3. The maximum atomic E-state index is 11.2. The van der Waals surface area contributed by atoms with E-state index < -0.39 is 11.9 Å². The van der Waals surface area contributed by atoms with Gasteiger partial charge in [0.15, 0.2) is 0 Å². The summed E-state index contributed by atoms with van der Waals surface area (Å²) in [4.78, 5) is 22.3. The predicted octanol–water partition coefficient (Wildman–Crippen LogP) is 0.322.